The average Bonchev–Trinajstić information content (AvgIpc) is 1.61. The van der Waals surface area contributed by atoms with E-state index in [4.69, 9.17) is 0 Å². The summed E-state index contributed by atoms with van der Waals surface area (Å²) in [5.74, 6) is 1.36. The van der Waals surface area contributed by atoms with Crippen molar-refractivity contribution in [2.24, 2.45) is 0 Å². The first-order valence-corrected chi connectivity index (χ1v) is 4.89. The minimum Gasteiger partial charge on any atom is -0.0921 e. The summed E-state index contributed by atoms with van der Waals surface area (Å²) in [6.45, 7) is 4.58. The lowest BCUT2D eigenvalue weighted by Crippen LogP contribution is -2.27. The van der Waals surface area contributed by atoms with Crippen molar-refractivity contribution in [3.63, 3.8) is 0 Å². The lowest BCUT2D eigenvalue weighted by Gasteiger charge is -2.34. The molecule has 0 aromatic carbocycles. The van der Waals surface area contributed by atoms with E-state index in [2.05, 4.69) is 13.8 Å². The molecule has 0 aromatic heterocycles. The molecule has 7 heavy (non-hydrogen) atoms. The number of rotatable bonds is 1. The third kappa shape index (κ3) is 1.08. The van der Waals surface area contributed by atoms with Gasteiger partial charge in [-0.1, -0.05) is 28.5 Å². The van der Waals surface area contributed by atoms with Crippen LogP contribution in [0.1, 0.15) is 20.3 Å². The molecule has 0 N–H and O–H groups in total. The molecule has 42 valence electrons. The summed E-state index contributed by atoms with van der Waals surface area (Å²) in [5, 5.41) is 0. The Labute approximate surface area is 52.8 Å². The van der Waals surface area contributed by atoms with E-state index < -0.39 is 0 Å². The van der Waals surface area contributed by atoms with E-state index >= 15 is 0 Å². The molecule has 0 aromatic rings. The lowest BCUT2D eigenvalue weighted by atomic mass is 10.1. The van der Waals surface area contributed by atoms with Gasteiger partial charge in [0.1, 0.15) is 0 Å². The van der Waals surface area contributed by atoms with Gasteiger partial charge in [-0.3, -0.25) is 0 Å². The molecule has 1 aliphatic heterocycles. The Morgan fingerprint density at radius 3 is 2.29 bits per heavy atom. The van der Waals surface area contributed by atoms with Gasteiger partial charge in [-0.05, 0) is 13.3 Å². The Balaban J connectivity index is 2.29. The summed E-state index contributed by atoms with van der Waals surface area (Å²) in [6, 6.07) is 0. The second-order valence-electron chi connectivity index (χ2n) is 2.15. The fraction of sp³-hybridized carbons (Fsp3) is 1.00. The van der Waals surface area contributed by atoms with Gasteiger partial charge in [-0.2, -0.15) is 0 Å². The van der Waals surface area contributed by atoms with E-state index in [1.165, 1.54) is 12.2 Å². The summed E-state index contributed by atoms with van der Waals surface area (Å²) < 4.78 is 0.644. The number of hydrogen-bond donors (Lipinski definition) is 0. The molecule has 1 aliphatic rings. The molecule has 1 atom stereocenters. The normalized spacial score (nSPS) is 40.3. The average molecular weight is 134 g/mol. The van der Waals surface area contributed by atoms with Gasteiger partial charge in [-0.15, -0.1) is 0 Å². The zero-order valence-electron chi connectivity index (χ0n) is 4.73. The van der Waals surface area contributed by atoms with Crippen LogP contribution in [0.15, 0.2) is 0 Å². The highest BCUT2D eigenvalue weighted by Crippen LogP contribution is 2.51. The molecule has 0 bridgehead atoms. The number of hydrogen-bond acceptors (Lipinski definition) is 2. The van der Waals surface area contributed by atoms with Crippen molar-refractivity contribution < 1.29 is 0 Å². The zero-order chi connectivity index (χ0) is 5.33. The molecule has 1 unspecified atom stereocenters. The van der Waals surface area contributed by atoms with Crippen LogP contribution < -0.4 is 0 Å². The SMILES string of the molecule is CCC1(C)CSS1. The second-order valence-corrected chi connectivity index (χ2v) is 5.03. The van der Waals surface area contributed by atoms with E-state index in [0.717, 1.165) is 0 Å². The highest BCUT2D eigenvalue weighted by Gasteiger charge is 2.31. The Morgan fingerprint density at radius 2 is 2.29 bits per heavy atom. The van der Waals surface area contributed by atoms with Crippen LogP contribution in [0.5, 0.6) is 0 Å². The van der Waals surface area contributed by atoms with Gasteiger partial charge in [0, 0.05) is 10.5 Å². The zero-order valence-corrected chi connectivity index (χ0v) is 6.36. The van der Waals surface area contributed by atoms with Gasteiger partial charge in [-0.25, -0.2) is 0 Å². The fourth-order valence-electron chi connectivity index (χ4n) is 0.421. The molecule has 0 spiro atoms. The Hall–Kier alpha value is 0.700. The van der Waals surface area contributed by atoms with Gasteiger partial charge in [0.15, 0.2) is 0 Å². The van der Waals surface area contributed by atoms with Gasteiger partial charge in [0.2, 0.25) is 0 Å². The van der Waals surface area contributed by atoms with E-state index in [1.807, 2.05) is 21.6 Å². The van der Waals surface area contributed by atoms with Crippen molar-refractivity contribution in [1.82, 2.24) is 0 Å². The van der Waals surface area contributed by atoms with Crippen LogP contribution in [0.3, 0.4) is 0 Å². The second kappa shape index (κ2) is 1.90. The third-order valence-electron chi connectivity index (χ3n) is 1.37. The monoisotopic (exact) mass is 134 g/mol. The highest BCUT2D eigenvalue weighted by atomic mass is 33.1. The standard InChI is InChI=1S/C5H10S2/c1-3-5(2)4-6-7-5/h3-4H2,1-2H3. The highest BCUT2D eigenvalue weighted by molar-refractivity contribution is 8.80. The Morgan fingerprint density at radius 1 is 1.71 bits per heavy atom. The maximum Gasteiger partial charge on any atom is 0.0331 e. The van der Waals surface area contributed by atoms with Crippen LogP contribution in [-0.2, 0) is 0 Å². The quantitative estimate of drug-likeness (QED) is 0.505. The molecule has 1 saturated heterocycles. The summed E-state index contributed by atoms with van der Waals surface area (Å²) in [6.07, 6.45) is 1.32. The van der Waals surface area contributed by atoms with Gasteiger partial charge in [0.25, 0.3) is 0 Å². The van der Waals surface area contributed by atoms with Crippen LogP contribution in [0.25, 0.3) is 0 Å². The molecule has 1 heterocycles. The summed E-state index contributed by atoms with van der Waals surface area (Å²) >= 11 is 0. The van der Waals surface area contributed by atoms with Crippen LogP contribution in [0.4, 0.5) is 0 Å². The van der Waals surface area contributed by atoms with Crippen molar-refractivity contribution in [2.75, 3.05) is 5.75 Å². The van der Waals surface area contributed by atoms with Crippen LogP contribution in [0.2, 0.25) is 0 Å². The van der Waals surface area contributed by atoms with Crippen molar-refractivity contribution in [1.29, 1.82) is 0 Å². The molecule has 0 radical (unpaired) electrons. The van der Waals surface area contributed by atoms with E-state index in [1.54, 1.807) is 0 Å². The molecule has 0 aliphatic carbocycles. The summed E-state index contributed by atoms with van der Waals surface area (Å²) in [7, 11) is 4.01. The first kappa shape index (κ1) is 5.83. The topological polar surface area (TPSA) is 0 Å². The molecule has 2 heteroatoms. The molecular formula is C5H10S2. The third-order valence-corrected chi connectivity index (χ3v) is 5.18. The lowest BCUT2D eigenvalue weighted by molar-refractivity contribution is 0.693. The maximum absolute atomic E-state index is 2.33. The van der Waals surface area contributed by atoms with Crippen molar-refractivity contribution in [3.05, 3.63) is 0 Å². The molecule has 0 amide bonds. The molecule has 1 fully saturated rings. The Kier molecular flexibility index (Phi) is 1.58. The molecular weight excluding hydrogens is 124 g/mol. The smallest absolute Gasteiger partial charge is 0.0331 e. The maximum atomic E-state index is 2.33. The predicted molar refractivity (Wildman–Crippen MR) is 38.7 cm³/mol. The van der Waals surface area contributed by atoms with E-state index in [9.17, 15) is 0 Å². The predicted octanol–water partition coefficient (Wildman–Crippen LogP) is 2.55. The summed E-state index contributed by atoms with van der Waals surface area (Å²) in [4.78, 5) is 0. The van der Waals surface area contributed by atoms with Gasteiger partial charge in [0.05, 0.1) is 0 Å². The van der Waals surface area contributed by atoms with Crippen LogP contribution in [0, 0.1) is 0 Å². The first-order valence-electron chi connectivity index (χ1n) is 2.57. The molecule has 0 nitrogen and oxygen atoms in total. The van der Waals surface area contributed by atoms with E-state index in [-0.39, 0.29) is 0 Å². The van der Waals surface area contributed by atoms with Gasteiger partial charge >= 0.3 is 0 Å². The van der Waals surface area contributed by atoms with Crippen molar-refractivity contribution in [2.45, 2.75) is 25.0 Å². The molecule has 1 rings (SSSR count). The van der Waals surface area contributed by atoms with E-state index in [0.29, 0.717) is 4.75 Å². The Bertz CT molecular complexity index is 61.0. The summed E-state index contributed by atoms with van der Waals surface area (Å²) in [5.41, 5.74) is 0. The minimum atomic E-state index is 0.644. The van der Waals surface area contributed by atoms with Crippen LogP contribution in [-0.4, -0.2) is 10.5 Å². The van der Waals surface area contributed by atoms with Crippen molar-refractivity contribution >= 4 is 21.6 Å². The minimum absolute atomic E-state index is 0.644. The van der Waals surface area contributed by atoms with Gasteiger partial charge < -0.3 is 0 Å². The molecule has 0 saturated carbocycles. The largest absolute Gasteiger partial charge is 0.0921 e. The van der Waals surface area contributed by atoms with Crippen molar-refractivity contribution in [3.8, 4) is 0 Å². The first-order chi connectivity index (χ1) is 3.27. The fourth-order valence-corrected chi connectivity index (χ4v) is 3.18. The van der Waals surface area contributed by atoms with Crippen LogP contribution >= 0.6 is 21.6 Å².